The summed E-state index contributed by atoms with van der Waals surface area (Å²) >= 11 is 5.92. The predicted molar refractivity (Wildman–Crippen MR) is 56.1 cm³/mol. The fourth-order valence-electron chi connectivity index (χ4n) is 1.69. The molecule has 0 saturated carbocycles. The SMILES string of the molecule is CC1(C)CO[C@H](c2cccc(Cl)c2)[NH2+]1. The van der Waals surface area contributed by atoms with Gasteiger partial charge in [0.15, 0.2) is 0 Å². The maximum absolute atomic E-state index is 5.92. The van der Waals surface area contributed by atoms with E-state index in [-0.39, 0.29) is 11.8 Å². The van der Waals surface area contributed by atoms with E-state index in [4.69, 9.17) is 16.3 Å². The van der Waals surface area contributed by atoms with E-state index in [9.17, 15) is 0 Å². The van der Waals surface area contributed by atoms with E-state index in [1.807, 2.05) is 18.2 Å². The van der Waals surface area contributed by atoms with Gasteiger partial charge in [0.25, 0.3) is 0 Å². The molecule has 3 heteroatoms. The molecule has 1 aromatic carbocycles. The lowest BCUT2D eigenvalue weighted by atomic mass is 10.1. The minimum Gasteiger partial charge on any atom is -0.319 e. The summed E-state index contributed by atoms with van der Waals surface area (Å²) in [5.74, 6) is 0. The Kier molecular flexibility index (Phi) is 2.52. The van der Waals surface area contributed by atoms with Crippen LogP contribution in [0.15, 0.2) is 24.3 Å². The van der Waals surface area contributed by atoms with Crippen molar-refractivity contribution >= 4 is 11.6 Å². The summed E-state index contributed by atoms with van der Waals surface area (Å²) in [6.07, 6.45) is 0.101. The van der Waals surface area contributed by atoms with Crippen molar-refractivity contribution in [2.45, 2.75) is 25.6 Å². The Labute approximate surface area is 89.2 Å². The van der Waals surface area contributed by atoms with Crippen LogP contribution in [0, 0.1) is 0 Å². The van der Waals surface area contributed by atoms with Gasteiger partial charge >= 0.3 is 0 Å². The van der Waals surface area contributed by atoms with Gasteiger partial charge in [0, 0.05) is 10.6 Å². The first-order valence-electron chi connectivity index (χ1n) is 4.80. The molecule has 2 rings (SSSR count). The van der Waals surface area contributed by atoms with E-state index < -0.39 is 0 Å². The Bertz CT molecular complexity index is 338. The molecule has 1 aromatic rings. The molecule has 1 aliphatic heterocycles. The van der Waals surface area contributed by atoms with Crippen LogP contribution >= 0.6 is 11.6 Å². The molecule has 1 fully saturated rings. The first-order chi connectivity index (χ1) is 6.57. The van der Waals surface area contributed by atoms with Gasteiger partial charge < -0.3 is 10.1 Å². The van der Waals surface area contributed by atoms with Crippen LogP contribution in [0.25, 0.3) is 0 Å². The van der Waals surface area contributed by atoms with Crippen molar-refractivity contribution in [1.82, 2.24) is 0 Å². The Balaban J connectivity index is 2.17. The quantitative estimate of drug-likeness (QED) is 0.754. The van der Waals surface area contributed by atoms with Crippen molar-refractivity contribution in [3.05, 3.63) is 34.9 Å². The first kappa shape index (κ1) is 9.97. The molecule has 0 unspecified atom stereocenters. The largest absolute Gasteiger partial charge is 0.319 e. The average Bonchev–Trinajstić information content (AvgIpc) is 2.46. The number of nitrogens with two attached hydrogens (primary N) is 1. The van der Waals surface area contributed by atoms with E-state index >= 15 is 0 Å². The van der Waals surface area contributed by atoms with Gasteiger partial charge in [-0.15, -0.1) is 0 Å². The summed E-state index contributed by atoms with van der Waals surface area (Å²) in [5, 5.41) is 3.00. The van der Waals surface area contributed by atoms with Gasteiger partial charge in [0.1, 0.15) is 12.1 Å². The minimum absolute atomic E-state index is 0.101. The van der Waals surface area contributed by atoms with Gasteiger partial charge in [-0.25, -0.2) is 0 Å². The summed E-state index contributed by atoms with van der Waals surface area (Å²) in [7, 11) is 0. The molecule has 1 heterocycles. The number of halogens is 1. The molecule has 1 saturated heterocycles. The van der Waals surface area contributed by atoms with Gasteiger partial charge in [-0.2, -0.15) is 0 Å². The van der Waals surface area contributed by atoms with Crippen LogP contribution in [0.3, 0.4) is 0 Å². The van der Waals surface area contributed by atoms with Crippen LogP contribution in [-0.4, -0.2) is 12.1 Å². The lowest BCUT2D eigenvalue weighted by Gasteiger charge is -2.13. The number of rotatable bonds is 1. The maximum Gasteiger partial charge on any atom is 0.217 e. The van der Waals surface area contributed by atoms with Crippen molar-refractivity contribution in [1.29, 1.82) is 0 Å². The zero-order chi connectivity index (χ0) is 10.2. The average molecular weight is 213 g/mol. The van der Waals surface area contributed by atoms with E-state index in [1.54, 1.807) is 0 Å². The van der Waals surface area contributed by atoms with E-state index in [2.05, 4.69) is 25.2 Å². The Morgan fingerprint density at radius 2 is 2.29 bits per heavy atom. The summed E-state index contributed by atoms with van der Waals surface area (Å²) in [5.41, 5.74) is 1.32. The first-order valence-corrected chi connectivity index (χ1v) is 5.18. The Hall–Kier alpha value is -0.570. The molecular formula is C11H15ClNO+. The summed E-state index contributed by atoms with van der Waals surface area (Å²) in [6, 6.07) is 7.85. The fraction of sp³-hybridized carbons (Fsp3) is 0.455. The van der Waals surface area contributed by atoms with Crippen molar-refractivity contribution in [3.63, 3.8) is 0 Å². The minimum atomic E-state index is 0.101. The maximum atomic E-state index is 5.92. The monoisotopic (exact) mass is 212 g/mol. The van der Waals surface area contributed by atoms with Crippen LogP contribution in [0.5, 0.6) is 0 Å². The molecule has 0 amide bonds. The lowest BCUT2D eigenvalue weighted by molar-refractivity contribution is -0.750. The molecular weight excluding hydrogens is 198 g/mol. The molecule has 0 aliphatic carbocycles. The molecule has 14 heavy (non-hydrogen) atoms. The van der Waals surface area contributed by atoms with Crippen LogP contribution in [-0.2, 0) is 4.74 Å². The van der Waals surface area contributed by atoms with Gasteiger partial charge in [-0.3, -0.25) is 0 Å². The van der Waals surface area contributed by atoms with Crippen LogP contribution in [0.4, 0.5) is 0 Å². The van der Waals surface area contributed by atoms with Crippen molar-refractivity contribution in [3.8, 4) is 0 Å². The van der Waals surface area contributed by atoms with Crippen molar-refractivity contribution in [2.24, 2.45) is 0 Å². The zero-order valence-corrected chi connectivity index (χ0v) is 9.21. The smallest absolute Gasteiger partial charge is 0.217 e. The van der Waals surface area contributed by atoms with E-state index in [0.29, 0.717) is 0 Å². The highest BCUT2D eigenvalue weighted by Crippen LogP contribution is 2.20. The fourth-order valence-corrected chi connectivity index (χ4v) is 1.89. The highest BCUT2D eigenvalue weighted by atomic mass is 35.5. The second-order valence-corrected chi connectivity index (χ2v) is 4.88. The third-order valence-corrected chi connectivity index (χ3v) is 2.65. The molecule has 76 valence electrons. The summed E-state index contributed by atoms with van der Waals surface area (Å²) < 4.78 is 5.70. The highest BCUT2D eigenvalue weighted by molar-refractivity contribution is 6.30. The Morgan fingerprint density at radius 1 is 1.50 bits per heavy atom. The van der Waals surface area contributed by atoms with Gasteiger partial charge in [-0.05, 0) is 26.0 Å². The highest BCUT2D eigenvalue weighted by Gasteiger charge is 2.36. The number of quaternary nitrogens is 1. The van der Waals surface area contributed by atoms with Crippen LogP contribution < -0.4 is 5.32 Å². The molecule has 0 spiro atoms. The molecule has 2 N–H and O–H groups in total. The van der Waals surface area contributed by atoms with Crippen molar-refractivity contribution < 1.29 is 10.1 Å². The molecule has 0 radical (unpaired) electrons. The van der Waals surface area contributed by atoms with E-state index in [0.717, 1.165) is 17.2 Å². The second kappa shape index (κ2) is 3.54. The van der Waals surface area contributed by atoms with Gasteiger partial charge in [0.2, 0.25) is 6.23 Å². The number of hydrogen-bond acceptors (Lipinski definition) is 1. The molecule has 1 aliphatic rings. The summed E-state index contributed by atoms with van der Waals surface area (Å²) in [4.78, 5) is 0. The predicted octanol–water partition coefficient (Wildman–Crippen LogP) is 1.71. The van der Waals surface area contributed by atoms with Crippen LogP contribution in [0.2, 0.25) is 5.02 Å². The number of hydrogen-bond donors (Lipinski definition) is 1. The van der Waals surface area contributed by atoms with Gasteiger partial charge in [0.05, 0.1) is 0 Å². The van der Waals surface area contributed by atoms with E-state index in [1.165, 1.54) is 0 Å². The third-order valence-electron chi connectivity index (χ3n) is 2.41. The standard InChI is InChI=1S/C11H14ClNO/c1-11(2)7-14-10(13-11)8-4-3-5-9(12)6-8/h3-6,10,13H,7H2,1-2H3/p+1/t10-/m1/s1. The van der Waals surface area contributed by atoms with Crippen LogP contribution in [0.1, 0.15) is 25.6 Å². The normalized spacial score (nSPS) is 25.2. The lowest BCUT2D eigenvalue weighted by Crippen LogP contribution is -2.93. The third kappa shape index (κ3) is 2.08. The zero-order valence-electron chi connectivity index (χ0n) is 8.46. The number of ether oxygens (including phenoxy) is 1. The topological polar surface area (TPSA) is 25.8 Å². The van der Waals surface area contributed by atoms with Crippen molar-refractivity contribution in [2.75, 3.05) is 6.61 Å². The second-order valence-electron chi connectivity index (χ2n) is 4.44. The Morgan fingerprint density at radius 3 is 2.86 bits per heavy atom. The molecule has 0 bridgehead atoms. The number of benzene rings is 1. The molecule has 1 atom stereocenters. The molecule has 0 aromatic heterocycles. The van der Waals surface area contributed by atoms with Gasteiger partial charge in [-0.1, -0.05) is 23.7 Å². The molecule has 2 nitrogen and oxygen atoms in total. The summed E-state index contributed by atoms with van der Waals surface area (Å²) in [6.45, 7) is 5.14.